The minimum Gasteiger partial charge on any atom is -0.490 e. The van der Waals surface area contributed by atoms with E-state index < -0.39 is 11.7 Å². The van der Waals surface area contributed by atoms with Gasteiger partial charge in [-0.05, 0) is 55.3 Å². The molecular weight excluding hydrogens is 445 g/mol. The third kappa shape index (κ3) is 6.31. The van der Waals surface area contributed by atoms with Crippen molar-refractivity contribution in [2.75, 3.05) is 6.61 Å². The van der Waals surface area contributed by atoms with Gasteiger partial charge in [-0.1, -0.05) is 41.4 Å². The number of nitrogens with one attached hydrogen (secondary N) is 1. The third-order valence-corrected chi connectivity index (χ3v) is 4.80. The molecule has 3 aromatic carbocycles. The van der Waals surface area contributed by atoms with Crippen LogP contribution in [0.15, 0.2) is 59.7 Å². The number of hydrogen-bond donors (Lipinski definition) is 1. The molecule has 0 heterocycles. The molecule has 0 spiro atoms. The Morgan fingerprint density at radius 1 is 1.21 bits per heavy atom. The van der Waals surface area contributed by atoms with Gasteiger partial charge in [-0.15, -0.1) is 0 Å². The van der Waals surface area contributed by atoms with Crippen LogP contribution in [0.4, 0.5) is 4.39 Å². The highest BCUT2D eigenvalue weighted by Crippen LogP contribution is 2.37. The Hall–Kier alpha value is -3.89. The first-order chi connectivity index (χ1) is 15.9. The van der Waals surface area contributed by atoms with Crippen LogP contribution in [0.5, 0.6) is 11.5 Å². The van der Waals surface area contributed by atoms with E-state index in [0.717, 1.165) is 17.2 Å². The van der Waals surface area contributed by atoms with Crippen molar-refractivity contribution in [3.63, 3.8) is 0 Å². The van der Waals surface area contributed by atoms with Gasteiger partial charge in [0.25, 0.3) is 5.91 Å². The molecule has 0 bridgehead atoms. The summed E-state index contributed by atoms with van der Waals surface area (Å²) in [5.41, 5.74) is 4.83. The predicted octanol–water partition coefficient (Wildman–Crippen LogP) is 5.40. The fourth-order valence-corrected chi connectivity index (χ4v) is 3.29. The number of carbonyl (C=O) groups is 1. The third-order valence-electron chi connectivity index (χ3n) is 4.52. The Labute approximate surface area is 196 Å². The van der Waals surface area contributed by atoms with E-state index >= 15 is 0 Å². The van der Waals surface area contributed by atoms with E-state index in [-0.39, 0.29) is 11.1 Å². The van der Waals surface area contributed by atoms with Crippen LogP contribution in [-0.2, 0) is 6.61 Å². The Balaban J connectivity index is 1.73. The number of carbonyl (C=O) groups excluding carboxylic acids is 1. The summed E-state index contributed by atoms with van der Waals surface area (Å²) in [5.74, 6) is -0.717. The second kappa shape index (κ2) is 11.1. The molecule has 0 saturated carbocycles. The molecule has 0 aromatic heterocycles. The summed E-state index contributed by atoms with van der Waals surface area (Å²) in [6.45, 7) is 4.56. The molecule has 168 valence electrons. The van der Waals surface area contributed by atoms with Crippen LogP contribution >= 0.6 is 11.6 Å². The number of nitriles is 1. The van der Waals surface area contributed by atoms with Crippen molar-refractivity contribution < 1.29 is 18.7 Å². The molecule has 3 rings (SSSR count). The lowest BCUT2D eigenvalue weighted by atomic mass is 10.1. The lowest BCUT2D eigenvalue weighted by Gasteiger charge is -2.14. The van der Waals surface area contributed by atoms with Crippen LogP contribution in [0, 0.1) is 24.1 Å². The number of aryl methyl sites for hydroxylation is 1. The summed E-state index contributed by atoms with van der Waals surface area (Å²) >= 11 is 6.42. The van der Waals surface area contributed by atoms with Crippen molar-refractivity contribution in [2.45, 2.75) is 20.5 Å². The number of amides is 1. The van der Waals surface area contributed by atoms with Crippen molar-refractivity contribution in [3.05, 3.63) is 93.3 Å². The molecule has 0 radical (unpaired) electrons. The first-order valence-corrected chi connectivity index (χ1v) is 10.5. The lowest BCUT2D eigenvalue weighted by Crippen LogP contribution is -2.19. The topological polar surface area (TPSA) is 83.7 Å². The van der Waals surface area contributed by atoms with Crippen molar-refractivity contribution in [1.29, 1.82) is 5.26 Å². The SMILES string of the molecule is CCOc1cc(/C=N\NC(=O)c2ccc(C#N)cc2F)cc(Cl)c1OCc1cccc(C)c1. The average molecular weight is 466 g/mol. The molecule has 0 unspecified atom stereocenters. The quantitative estimate of drug-likeness (QED) is 0.356. The van der Waals surface area contributed by atoms with E-state index in [1.54, 1.807) is 12.1 Å². The minimum absolute atomic E-state index is 0.121. The predicted molar refractivity (Wildman–Crippen MR) is 124 cm³/mol. The maximum absolute atomic E-state index is 14.0. The number of halogens is 2. The summed E-state index contributed by atoms with van der Waals surface area (Å²) in [6, 6.07) is 16.6. The molecule has 1 amide bonds. The number of nitrogens with zero attached hydrogens (tertiary/aromatic N) is 2. The molecule has 0 fully saturated rings. The van der Waals surface area contributed by atoms with Gasteiger partial charge in [-0.2, -0.15) is 10.4 Å². The van der Waals surface area contributed by atoms with Crippen LogP contribution in [0.2, 0.25) is 5.02 Å². The number of ether oxygens (including phenoxy) is 2. The highest BCUT2D eigenvalue weighted by Gasteiger charge is 2.14. The standard InChI is InChI=1S/C25H21ClFN3O3/c1-3-32-23-12-19(10-21(26)24(23)33-15-18-6-4-5-16(2)9-18)14-29-30-25(31)20-8-7-17(13-28)11-22(20)27/h4-12,14H,3,15H2,1-2H3,(H,30,31)/b29-14-. The molecule has 33 heavy (non-hydrogen) atoms. The van der Waals surface area contributed by atoms with Crippen LogP contribution in [0.3, 0.4) is 0 Å². The number of benzene rings is 3. The van der Waals surface area contributed by atoms with Gasteiger partial charge in [0, 0.05) is 0 Å². The van der Waals surface area contributed by atoms with Gasteiger partial charge < -0.3 is 9.47 Å². The van der Waals surface area contributed by atoms with Gasteiger partial charge in [0.2, 0.25) is 0 Å². The first kappa shape index (κ1) is 23.8. The Kier molecular flexibility index (Phi) is 8.01. The van der Waals surface area contributed by atoms with Gasteiger partial charge >= 0.3 is 0 Å². The fourth-order valence-electron chi connectivity index (χ4n) is 3.02. The van der Waals surface area contributed by atoms with E-state index in [2.05, 4.69) is 10.5 Å². The van der Waals surface area contributed by atoms with Gasteiger partial charge in [-0.25, -0.2) is 9.82 Å². The lowest BCUT2D eigenvalue weighted by molar-refractivity contribution is 0.0951. The zero-order chi connectivity index (χ0) is 23.8. The van der Waals surface area contributed by atoms with Crippen molar-refractivity contribution in [3.8, 4) is 17.6 Å². The Bertz CT molecular complexity index is 1240. The maximum atomic E-state index is 14.0. The summed E-state index contributed by atoms with van der Waals surface area (Å²) in [6.07, 6.45) is 1.36. The normalized spacial score (nSPS) is 10.6. The molecule has 0 aliphatic carbocycles. The molecule has 8 heteroatoms. The number of hydrazone groups is 1. The van der Waals surface area contributed by atoms with Crippen LogP contribution in [-0.4, -0.2) is 18.7 Å². The molecule has 0 aliphatic rings. The van der Waals surface area contributed by atoms with Gasteiger partial charge in [0.15, 0.2) is 11.5 Å². The van der Waals surface area contributed by atoms with E-state index in [9.17, 15) is 9.18 Å². The molecule has 0 saturated heterocycles. The number of hydrogen-bond acceptors (Lipinski definition) is 5. The van der Waals surface area contributed by atoms with Crippen molar-refractivity contribution in [2.24, 2.45) is 5.10 Å². The highest BCUT2D eigenvalue weighted by molar-refractivity contribution is 6.32. The van der Waals surface area contributed by atoms with Crippen molar-refractivity contribution >= 4 is 23.7 Å². The first-order valence-electron chi connectivity index (χ1n) is 10.1. The summed E-state index contributed by atoms with van der Waals surface area (Å²) in [7, 11) is 0. The Morgan fingerprint density at radius 2 is 2.03 bits per heavy atom. The molecule has 0 aliphatic heterocycles. The zero-order valence-electron chi connectivity index (χ0n) is 18.1. The number of rotatable bonds is 8. The second-order valence-electron chi connectivity index (χ2n) is 7.05. The van der Waals surface area contributed by atoms with E-state index in [4.69, 9.17) is 26.3 Å². The van der Waals surface area contributed by atoms with Crippen molar-refractivity contribution in [1.82, 2.24) is 5.43 Å². The summed E-state index contributed by atoms with van der Waals surface area (Å²) in [4.78, 5) is 12.2. The maximum Gasteiger partial charge on any atom is 0.274 e. The molecular formula is C25H21ClFN3O3. The van der Waals surface area contributed by atoms with E-state index in [1.807, 2.05) is 44.2 Å². The average Bonchev–Trinajstić information content (AvgIpc) is 2.78. The van der Waals surface area contributed by atoms with E-state index in [0.29, 0.717) is 35.3 Å². The van der Waals surface area contributed by atoms with Gasteiger partial charge in [-0.3, -0.25) is 4.79 Å². The Morgan fingerprint density at radius 3 is 2.73 bits per heavy atom. The largest absolute Gasteiger partial charge is 0.490 e. The summed E-state index contributed by atoms with van der Waals surface area (Å²) < 4.78 is 25.6. The van der Waals surface area contributed by atoms with Crippen LogP contribution < -0.4 is 14.9 Å². The van der Waals surface area contributed by atoms with Gasteiger partial charge in [0.05, 0.1) is 35.0 Å². The van der Waals surface area contributed by atoms with Gasteiger partial charge in [0.1, 0.15) is 12.4 Å². The molecule has 0 atom stereocenters. The fraction of sp³-hybridized carbons (Fsp3) is 0.160. The van der Waals surface area contributed by atoms with Crippen LogP contribution in [0.1, 0.15) is 39.5 Å². The second-order valence-corrected chi connectivity index (χ2v) is 7.45. The van der Waals surface area contributed by atoms with E-state index in [1.165, 1.54) is 18.3 Å². The minimum atomic E-state index is -0.807. The highest BCUT2D eigenvalue weighted by atomic mass is 35.5. The smallest absolute Gasteiger partial charge is 0.274 e. The van der Waals surface area contributed by atoms with Crippen LogP contribution in [0.25, 0.3) is 0 Å². The molecule has 6 nitrogen and oxygen atoms in total. The molecule has 1 N–H and O–H groups in total. The zero-order valence-corrected chi connectivity index (χ0v) is 18.8. The summed E-state index contributed by atoms with van der Waals surface area (Å²) in [5, 5.41) is 13.0. The monoisotopic (exact) mass is 465 g/mol. The molecule has 3 aromatic rings.